The van der Waals surface area contributed by atoms with Gasteiger partial charge in [0.1, 0.15) is 11.3 Å². The van der Waals surface area contributed by atoms with E-state index in [0.717, 1.165) is 12.5 Å². The summed E-state index contributed by atoms with van der Waals surface area (Å²) in [7, 11) is 0. The lowest BCUT2D eigenvalue weighted by Gasteiger charge is -2.22. The summed E-state index contributed by atoms with van der Waals surface area (Å²) in [6.07, 6.45) is 1.52. The Hall–Kier alpha value is -2.77. The number of benzene rings is 1. The second-order valence-corrected chi connectivity index (χ2v) is 9.00. The van der Waals surface area contributed by atoms with Crippen LogP contribution in [0, 0.1) is 6.92 Å². The molecule has 1 amide bonds. The molecule has 1 aromatic carbocycles. The van der Waals surface area contributed by atoms with Gasteiger partial charge in [0.05, 0.1) is 6.04 Å². The van der Waals surface area contributed by atoms with Crippen LogP contribution in [0.1, 0.15) is 70.8 Å². The van der Waals surface area contributed by atoms with E-state index in [-0.39, 0.29) is 5.78 Å². The number of hydrogen-bond acceptors (Lipinski definition) is 5. The van der Waals surface area contributed by atoms with Crippen molar-refractivity contribution in [1.29, 1.82) is 0 Å². The lowest BCUT2D eigenvalue weighted by molar-refractivity contribution is -0.121. The lowest BCUT2D eigenvalue weighted by atomic mass is 9.99. The van der Waals surface area contributed by atoms with Gasteiger partial charge in [-0.15, -0.1) is 0 Å². The molecular weight excluding hydrogens is 418 g/mol. The molecule has 0 saturated heterocycles. The van der Waals surface area contributed by atoms with E-state index in [0.29, 0.717) is 42.5 Å². The summed E-state index contributed by atoms with van der Waals surface area (Å²) in [5, 5.41) is 6.43. The van der Waals surface area contributed by atoms with Crippen molar-refractivity contribution in [2.75, 3.05) is 0 Å². The molecule has 0 aliphatic rings. The fraction of sp³-hybridized carbons (Fsp3) is 0.542. The van der Waals surface area contributed by atoms with Gasteiger partial charge in [0.25, 0.3) is 0 Å². The van der Waals surface area contributed by atoms with Crippen molar-refractivity contribution in [3.63, 3.8) is 0 Å². The number of alkyl carbamates (subject to hydrolysis) is 1. The number of ketones is 1. The standard InChI is InChI=1S/C24H32F2N2O4/c1-7-18(27-22(30)31-23(3,4)5)19(29)10-8-9-16-11-13-17(14-12-16)20-15(2)21(32-28-20)24(6,25)26/h11-14,18H,7-10H2,1-6H3,(H,27,30)/t18-/m0/s1. The van der Waals surface area contributed by atoms with Crippen LogP contribution in [0.2, 0.25) is 0 Å². The number of ether oxygens (including phenoxy) is 1. The van der Waals surface area contributed by atoms with E-state index in [1.165, 1.54) is 0 Å². The van der Waals surface area contributed by atoms with Gasteiger partial charge in [0.2, 0.25) is 5.76 Å². The number of Topliss-reactive ketones (excluding diaryl/α,β-unsaturated/α-hetero) is 1. The Morgan fingerprint density at radius 1 is 1.16 bits per heavy atom. The topological polar surface area (TPSA) is 81.4 Å². The number of aryl methyl sites for hydroxylation is 1. The van der Waals surface area contributed by atoms with E-state index in [1.54, 1.807) is 39.8 Å². The Morgan fingerprint density at radius 3 is 2.28 bits per heavy atom. The van der Waals surface area contributed by atoms with Crippen LogP contribution in [0.25, 0.3) is 11.3 Å². The quantitative estimate of drug-likeness (QED) is 0.510. The van der Waals surface area contributed by atoms with E-state index in [4.69, 9.17) is 9.26 Å². The zero-order valence-corrected chi connectivity index (χ0v) is 19.6. The maximum absolute atomic E-state index is 13.5. The smallest absolute Gasteiger partial charge is 0.408 e. The van der Waals surface area contributed by atoms with Gasteiger partial charge in [0, 0.05) is 24.5 Å². The molecule has 1 aromatic heterocycles. The minimum Gasteiger partial charge on any atom is -0.444 e. The van der Waals surface area contributed by atoms with Crippen LogP contribution in [0.3, 0.4) is 0 Å². The highest BCUT2D eigenvalue weighted by atomic mass is 19.3. The largest absolute Gasteiger partial charge is 0.444 e. The molecule has 0 aliphatic heterocycles. The molecule has 0 unspecified atom stereocenters. The number of nitrogens with zero attached hydrogens (tertiary/aromatic N) is 1. The van der Waals surface area contributed by atoms with E-state index in [9.17, 15) is 18.4 Å². The first-order valence-corrected chi connectivity index (χ1v) is 10.8. The van der Waals surface area contributed by atoms with Crippen molar-refractivity contribution in [2.24, 2.45) is 0 Å². The molecule has 8 heteroatoms. The Labute approximate surface area is 187 Å². The second-order valence-electron chi connectivity index (χ2n) is 9.00. The molecule has 0 radical (unpaired) electrons. The number of halogens is 2. The summed E-state index contributed by atoms with van der Waals surface area (Å²) in [5.74, 6) is -3.56. The Morgan fingerprint density at radius 2 is 1.78 bits per heavy atom. The SMILES string of the molecule is CC[C@H](NC(=O)OC(C)(C)C)C(=O)CCCc1ccc(-c2noc(C(C)(F)F)c2C)cc1. The third-order valence-corrected chi connectivity index (χ3v) is 4.93. The monoisotopic (exact) mass is 450 g/mol. The normalized spacial score (nSPS) is 13.0. The predicted molar refractivity (Wildman–Crippen MR) is 118 cm³/mol. The summed E-state index contributed by atoms with van der Waals surface area (Å²) < 4.78 is 37.2. The molecule has 1 N–H and O–H groups in total. The van der Waals surface area contributed by atoms with Gasteiger partial charge in [-0.25, -0.2) is 4.79 Å². The molecule has 0 fully saturated rings. The number of rotatable bonds is 9. The van der Waals surface area contributed by atoms with Gasteiger partial charge in [-0.05, 0) is 52.5 Å². The minimum atomic E-state index is -3.09. The van der Waals surface area contributed by atoms with Gasteiger partial charge >= 0.3 is 12.0 Å². The molecular formula is C24H32F2N2O4. The molecule has 0 bridgehead atoms. The number of hydrogen-bond donors (Lipinski definition) is 1. The van der Waals surface area contributed by atoms with Crippen LogP contribution in [-0.4, -0.2) is 28.7 Å². The second kappa shape index (κ2) is 10.2. The molecule has 6 nitrogen and oxygen atoms in total. The summed E-state index contributed by atoms with van der Waals surface area (Å²) >= 11 is 0. The molecule has 0 aliphatic carbocycles. The van der Waals surface area contributed by atoms with Gasteiger partial charge in [0.15, 0.2) is 5.78 Å². The van der Waals surface area contributed by atoms with Crippen molar-refractivity contribution >= 4 is 11.9 Å². The average Bonchev–Trinajstić information content (AvgIpc) is 3.07. The molecule has 2 rings (SSSR count). The highest BCUT2D eigenvalue weighted by Crippen LogP contribution is 2.34. The third-order valence-electron chi connectivity index (χ3n) is 4.93. The number of nitrogens with one attached hydrogen (secondary N) is 1. The molecule has 176 valence electrons. The minimum absolute atomic E-state index is 0.0405. The third kappa shape index (κ3) is 7.14. The van der Waals surface area contributed by atoms with Crippen LogP contribution in [0.4, 0.5) is 13.6 Å². The maximum atomic E-state index is 13.5. The van der Waals surface area contributed by atoms with Crippen molar-refractivity contribution in [1.82, 2.24) is 10.5 Å². The van der Waals surface area contributed by atoms with Gasteiger partial charge in [-0.3, -0.25) is 4.79 Å². The molecule has 1 heterocycles. The fourth-order valence-electron chi connectivity index (χ4n) is 3.34. The lowest BCUT2D eigenvalue weighted by Crippen LogP contribution is -2.43. The van der Waals surface area contributed by atoms with E-state index in [1.807, 2.05) is 19.1 Å². The van der Waals surface area contributed by atoms with Crippen molar-refractivity contribution in [3.8, 4) is 11.3 Å². The highest BCUT2D eigenvalue weighted by Gasteiger charge is 2.33. The maximum Gasteiger partial charge on any atom is 0.408 e. The Balaban J connectivity index is 1.90. The van der Waals surface area contributed by atoms with Crippen molar-refractivity contribution < 1.29 is 27.6 Å². The van der Waals surface area contributed by atoms with Gasteiger partial charge in [-0.2, -0.15) is 8.78 Å². The summed E-state index contributed by atoms with van der Waals surface area (Å²) in [5.41, 5.74) is 1.79. The fourth-order valence-corrected chi connectivity index (χ4v) is 3.34. The Kier molecular flexibility index (Phi) is 8.15. The first-order chi connectivity index (χ1) is 14.8. The molecule has 2 aromatic rings. The highest BCUT2D eigenvalue weighted by molar-refractivity contribution is 5.87. The predicted octanol–water partition coefficient (Wildman–Crippen LogP) is 5.96. The van der Waals surface area contributed by atoms with E-state index < -0.39 is 29.4 Å². The van der Waals surface area contributed by atoms with Crippen molar-refractivity contribution in [2.45, 2.75) is 84.8 Å². The molecule has 32 heavy (non-hydrogen) atoms. The van der Waals surface area contributed by atoms with E-state index in [2.05, 4.69) is 10.5 Å². The number of amides is 1. The number of aromatic nitrogens is 1. The summed E-state index contributed by atoms with van der Waals surface area (Å²) in [4.78, 5) is 24.4. The van der Waals surface area contributed by atoms with Crippen LogP contribution < -0.4 is 5.32 Å². The summed E-state index contributed by atoms with van der Waals surface area (Å²) in [6.45, 7) is 9.48. The average molecular weight is 451 g/mol. The first kappa shape index (κ1) is 25.5. The van der Waals surface area contributed by atoms with Crippen LogP contribution in [0.5, 0.6) is 0 Å². The van der Waals surface area contributed by atoms with Crippen LogP contribution in [-0.2, 0) is 21.9 Å². The van der Waals surface area contributed by atoms with Crippen LogP contribution in [0.15, 0.2) is 28.8 Å². The zero-order valence-electron chi connectivity index (χ0n) is 19.6. The Bertz CT molecular complexity index is 925. The van der Waals surface area contributed by atoms with E-state index >= 15 is 0 Å². The molecule has 0 saturated carbocycles. The van der Waals surface area contributed by atoms with Crippen LogP contribution >= 0.6 is 0 Å². The van der Waals surface area contributed by atoms with Crippen molar-refractivity contribution in [3.05, 3.63) is 41.2 Å². The van der Waals surface area contributed by atoms with Gasteiger partial charge in [-0.1, -0.05) is 36.3 Å². The van der Waals surface area contributed by atoms with Gasteiger partial charge < -0.3 is 14.6 Å². The number of carbonyl (C=O) groups excluding carboxylic acids is 2. The summed E-state index contributed by atoms with van der Waals surface area (Å²) in [6, 6.07) is 6.80. The number of carbonyl (C=O) groups is 2. The number of alkyl halides is 2. The molecule has 0 spiro atoms. The molecule has 1 atom stereocenters. The first-order valence-electron chi connectivity index (χ1n) is 10.8. The zero-order chi connectivity index (χ0) is 24.1.